The van der Waals surface area contributed by atoms with E-state index in [0.717, 1.165) is 23.5 Å². The molecule has 1 fully saturated rings. The first kappa shape index (κ1) is 17.7. The van der Waals surface area contributed by atoms with Crippen molar-refractivity contribution in [3.63, 3.8) is 0 Å². The third-order valence-electron chi connectivity index (χ3n) is 6.18. The van der Waals surface area contributed by atoms with Gasteiger partial charge in [0.2, 0.25) is 0 Å². The van der Waals surface area contributed by atoms with Crippen molar-refractivity contribution >= 4 is 11.7 Å². The number of amides is 2. The molecule has 2 amide bonds. The Morgan fingerprint density at radius 2 is 2.16 bits per heavy atom. The normalized spacial score (nSPS) is 24.8. The third-order valence-corrected chi connectivity index (χ3v) is 6.18. The molecule has 6 heteroatoms. The number of carbonyl (C=O) groups is 1. The van der Waals surface area contributed by atoms with Gasteiger partial charge >= 0.3 is 6.03 Å². The highest BCUT2D eigenvalue weighted by Crippen LogP contribution is 2.53. The number of nitrogens with one attached hydrogen (secondary N) is 1. The predicted molar refractivity (Wildman–Crippen MR) is 97.5 cm³/mol. The molecule has 1 aliphatic carbocycles. The molecule has 1 saturated carbocycles. The van der Waals surface area contributed by atoms with E-state index in [1.54, 1.807) is 12.0 Å². The van der Waals surface area contributed by atoms with E-state index in [1.165, 1.54) is 0 Å². The Morgan fingerprint density at radius 1 is 1.44 bits per heavy atom. The van der Waals surface area contributed by atoms with Crippen LogP contribution in [0.3, 0.4) is 0 Å². The van der Waals surface area contributed by atoms with Gasteiger partial charge in [0.15, 0.2) is 0 Å². The molecule has 1 aliphatic rings. The van der Waals surface area contributed by atoms with Crippen molar-refractivity contribution in [2.75, 3.05) is 14.2 Å². The fourth-order valence-corrected chi connectivity index (χ4v) is 3.79. The number of imidazole rings is 1. The first-order valence-corrected chi connectivity index (χ1v) is 8.69. The number of urea groups is 1. The van der Waals surface area contributed by atoms with Crippen LogP contribution in [0.2, 0.25) is 0 Å². The number of methoxy groups -OCH3 is 1. The second-order valence-electron chi connectivity index (χ2n) is 7.77. The number of hydrogen-bond acceptors (Lipinski definition) is 3. The Morgan fingerprint density at radius 3 is 2.76 bits per heavy atom. The molecular weight excluding hydrogens is 316 g/mol. The monoisotopic (exact) mass is 344 g/mol. The van der Waals surface area contributed by atoms with Crippen LogP contribution in [0.5, 0.6) is 0 Å². The van der Waals surface area contributed by atoms with E-state index in [1.807, 2.05) is 42.8 Å². The van der Waals surface area contributed by atoms with Gasteiger partial charge in [-0.3, -0.25) is 0 Å². The number of aromatic nitrogens is 2. The second kappa shape index (κ2) is 6.02. The summed E-state index contributed by atoms with van der Waals surface area (Å²) in [6.07, 6.45) is 2.81. The van der Waals surface area contributed by atoms with Crippen molar-refractivity contribution in [3.05, 3.63) is 35.8 Å². The molecule has 2 atom stereocenters. The summed E-state index contributed by atoms with van der Waals surface area (Å²) in [5, 5.41) is 2.98. The molecule has 0 unspecified atom stereocenters. The maximum absolute atomic E-state index is 12.6. The van der Waals surface area contributed by atoms with Crippen LogP contribution in [-0.4, -0.2) is 46.1 Å². The number of pyridine rings is 1. The highest BCUT2D eigenvalue weighted by molar-refractivity contribution is 5.74. The highest BCUT2D eigenvalue weighted by atomic mass is 16.5. The summed E-state index contributed by atoms with van der Waals surface area (Å²) < 4.78 is 7.68. The van der Waals surface area contributed by atoms with Crippen LogP contribution in [0.25, 0.3) is 5.65 Å². The van der Waals surface area contributed by atoms with Gasteiger partial charge in [-0.2, -0.15) is 0 Å². The van der Waals surface area contributed by atoms with Crippen LogP contribution < -0.4 is 5.32 Å². The van der Waals surface area contributed by atoms with Crippen molar-refractivity contribution in [2.45, 2.75) is 52.3 Å². The smallest absolute Gasteiger partial charge is 0.317 e. The van der Waals surface area contributed by atoms with E-state index in [2.05, 4.69) is 31.1 Å². The van der Waals surface area contributed by atoms with E-state index >= 15 is 0 Å². The quantitative estimate of drug-likeness (QED) is 0.927. The van der Waals surface area contributed by atoms with Gasteiger partial charge < -0.3 is 19.4 Å². The van der Waals surface area contributed by atoms with Crippen molar-refractivity contribution in [1.29, 1.82) is 0 Å². The molecule has 0 radical (unpaired) electrons. The van der Waals surface area contributed by atoms with Crippen molar-refractivity contribution in [2.24, 2.45) is 5.41 Å². The van der Waals surface area contributed by atoms with Gasteiger partial charge in [0.05, 0.1) is 17.8 Å². The summed E-state index contributed by atoms with van der Waals surface area (Å²) in [7, 11) is 3.59. The predicted octanol–water partition coefficient (Wildman–Crippen LogP) is 2.99. The zero-order valence-electron chi connectivity index (χ0n) is 16.0. The lowest BCUT2D eigenvalue weighted by Crippen LogP contribution is -2.69. The maximum Gasteiger partial charge on any atom is 0.317 e. The lowest BCUT2D eigenvalue weighted by Gasteiger charge is -2.61. The minimum atomic E-state index is -0.189. The molecule has 136 valence electrons. The lowest BCUT2D eigenvalue weighted by atomic mass is 9.55. The van der Waals surface area contributed by atoms with Crippen LogP contribution in [0.4, 0.5) is 4.79 Å². The van der Waals surface area contributed by atoms with Gasteiger partial charge in [-0.25, -0.2) is 9.78 Å². The molecule has 2 aromatic heterocycles. The minimum absolute atomic E-state index is 0.0787. The fraction of sp³-hybridized carbons (Fsp3) is 0.579. The zero-order chi connectivity index (χ0) is 18.4. The maximum atomic E-state index is 12.6. The van der Waals surface area contributed by atoms with E-state index in [4.69, 9.17) is 4.74 Å². The van der Waals surface area contributed by atoms with E-state index in [0.29, 0.717) is 6.54 Å². The SMILES string of the molecule is CO[C@]1(C)C[C@H](N(C)C(=O)NCc2cn3c(C)cccc3n2)C1(C)C. The Kier molecular flexibility index (Phi) is 4.27. The van der Waals surface area contributed by atoms with E-state index < -0.39 is 0 Å². The summed E-state index contributed by atoms with van der Waals surface area (Å²) in [6.45, 7) is 8.86. The molecule has 0 aliphatic heterocycles. The highest BCUT2D eigenvalue weighted by Gasteiger charge is 2.59. The first-order valence-electron chi connectivity index (χ1n) is 8.69. The zero-order valence-corrected chi connectivity index (χ0v) is 16.0. The van der Waals surface area contributed by atoms with Gasteiger partial charge in [-0.1, -0.05) is 19.9 Å². The van der Waals surface area contributed by atoms with Gasteiger partial charge in [0, 0.05) is 37.5 Å². The molecule has 2 aromatic rings. The number of fused-ring (bicyclic) bond motifs is 1. The summed E-state index contributed by atoms with van der Waals surface area (Å²) in [4.78, 5) is 18.9. The van der Waals surface area contributed by atoms with Crippen molar-refractivity contribution < 1.29 is 9.53 Å². The molecule has 0 spiro atoms. The summed E-state index contributed by atoms with van der Waals surface area (Å²) in [6, 6.07) is 6.06. The number of rotatable bonds is 4. The Labute approximate surface area is 149 Å². The lowest BCUT2D eigenvalue weighted by molar-refractivity contribution is -0.198. The first-order chi connectivity index (χ1) is 11.7. The van der Waals surface area contributed by atoms with Crippen LogP contribution in [0.15, 0.2) is 24.4 Å². The standard InChI is InChI=1S/C19H28N4O2/c1-13-8-7-9-16-21-14(12-23(13)16)11-20-17(24)22(5)15-10-19(4,25-6)18(15,2)3/h7-9,12,15H,10-11H2,1-6H3,(H,20,24)/t15-,19+/m0/s1. The largest absolute Gasteiger partial charge is 0.378 e. The molecule has 0 saturated heterocycles. The molecule has 0 bridgehead atoms. The molecule has 2 heterocycles. The molecule has 0 aromatic carbocycles. The molecule has 6 nitrogen and oxygen atoms in total. The summed E-state index contributed by atoms with van der Waals surface area (Å²) in [5.74, 6) is 0. The summed E-state index contributed by atoms with van der Waals surface area (Å²) in [5.41, 5.74) is 2.59. The topological polar surface area (TPSA) is 58.9 Å². The van der Waals surface area contributed by atoms with Crippen LogP contribution in [0, 0.1) is 12.3 Å². The fourth-order valence-electron chi connectivity index (χ4n) is 3.79. The Hall–Kier alpha value is -2.08. The second-order valence-corrected chi connectivity index (χ2v) is 7.77. The molecule has 25 heavy (non-hydrogen) atoms. The number of aryl methyl sites for hydroxylation is 1. The number of hydrogen-bond donors (Lipinski definition) is 1. The number of nitrogens with zero attached hydrogens (tertiary/aromatic N) is 3. The van der Waals surface area contributed by atoms with Crippen LogP contribution >= 0.6 is 0 Å². The molecule has 3 rings (SSSR count). The van der Waals surface area contributed by atoms with Gasteiger partial charge in [-0.05, 0) is 32.4 Å². The minimum Gasteiger partial charge on any atom is -0.378 e. The molecular formula is C19H28N4O2. The van der Waals surface area contributed by atoms with E-state index in [9.17, 15) is 4.79 Å². The third kappa shape index (κ3) is 2.78. The average molecular weight is 344 g/mol. The van der Waals surface area contributed by atoms with Crippen molar-refractivity contribution in [3.8, 4) is 0 Å². The Bertz CT molecular complexity index is 798. The number of ether oxygens (including phenoxy) is 1. The average Bonchev–Trinajstić information content (AvgIpc) is 3.01. The number of carbonyl (C=O) groups excluding carboxylic acids is 1. The van der Waals surface area contributed by atoms with Crippen LogP contribution in [0.1, 0.15) is 38.6 Å². The van der Waals surface area contributed by atoms with Crippen LogP contribution in [-0.2, 0) is 11.3 Å². The van der Waals surface area contributed by atoms with Gasteiger partial charge in [0.1, 0.15) is 5.65 Å². The van der Waals surface area contributed by atoms with Gasteiger partial charge in [-0.15, -0.1) is 0 Å². The van der Waals surface area contributed by atoms with Crippen molar-refractivity contribution in [1.82, 2.24) is 19.6 Å². The Balaban J connectivity index is 1.63. The van der Waals surface area contributed by atoms with Gasteiger partial charge in [0.25, 0.3) is 0 Å². The molecule has 1 N–H and O–H groups in total. The van der Waals surface area contributed by atoms with E-state index in [-0.39, 0.29) is 23.1 Å². The summed E-state index contributed by atoms with van der Waals surface area (Å²) >= 11 is 0.